The van der Waals surface area contributed by atoms with Gasteiger partial charge in [-0.15, -0.1) is 0 Å². The molecule has 0 bridgehead atoms. The molecule has 2 aromatic heterocycles. The molecule has 4 N–H and O–H groups in total. The Kier molecular flexibility index (Phi) is 3.41. The average Bonchev–Trinajstić information content (AvgIpc) is 3.00. The summed E-state index contributed by atoms with van der Waals surface area (Å²) in [5, 5.41) is 33.1. The number of hydrogen-bond acceptors (Lipinski definition) is 8. The van der Waals surface area contributed by atoms with E-state index in [-0.39, 0.29) is 23.4 Å². The molecule has 1 amide bonds. The SMILES string of the molecule is C[C@]1(O)[C@H](O)[C@@H](CO)O[C@H]1n1cc2c3c(ncnc31)NC(=O)CC2=O. The first-order valence-corrected chi connectivity index (χ1v) is 7.70. The van der Waals surface area contributed by atoms with Crippen molar-refractivity contribution in [1.29, 1.82) is 0 Å². The fourth-order valence-corrected chi connectivity index (χ4v) is 3.38. The van der Waals surface area contributed by atoms with Gasteiger partial charge in [0.15, 0.2) is 12.0 Å². The van der Waals surface area contributed by atoms with Gasteiger partial charge in [0, 0.05) is 11.8 Å². The van der Waals surface area contributed by atoms with Crippen LogP contribution < -0.4 is 5.32 Å². The van der Waals surface area contributed by atoms with E-state index in [2.05, 4.69) is 15.3 Å². The normalized spacial score (nSPS) is 32.1. The number of nitrogens with zero attached hydrogens (tertiary/aromatic N) is 3. The highest BCUT2D eigenvalue weighted by Gasteiger charge is 2.53. The van der Waals surface area contributed by atoms with Crippen LogP contribution in [0.2, 0.25) is 0 Å². The Bertz CT molecular complexity index is 892. The van der Waals surface area contributed by atoms with Crippen molar-refractivity contribution in [1.82, 2.24) is 14.5 Å². The molecule has 4 rings (SSSR count). The Balaban J connectivity index is 1.92. The topological polar surface area (TPSA) is 147 Å². The number of hydrogen-bond donors (Lipinski definition) is 4. The summed E-state index contributed by atoms with van der Waals surface area (Å²) in [6.07, 6.45) is -1.08. The molecular formula is C15H16N4O6. The lowest BCUT2D eigenvalue weighted by atomic mass is 9.96. The van der Waals surface area contributed by atoms with Crippen LogP contribution in [0.4, 0.5) is 5.82 Å². The number of aliphatic hydroxyl groups is 3. The summed E-state index contributed by atoms with van der Waals surface area (Å²) in [6.45, 7) is 0.899. The Morgan fingerprint density at radius 3 is 2.88 bits per heavy atom. The predicted octanol–water partition coefficient (Wildman–Crippen LogP) is -1.04. The molecule has 2 aliphatic rings. The van der Waals surface area contributed by atoms with Crippen molar-refractivity contribution in [2.75, 3.05) is 11.9 Å². The van der Waals surface area contributed by atoms with Gasteiger partial charge in [-0.3, -0.25) is 9.59 Å². The first-order chi connectivity index (χ1) is 11.8. The van der Waals surface area contributed by atoms with Gasteiger partial charge in [-0.05, 0) is 6.92 Å². The maximum absolute atomic E-state index is 12.4. The van der Waals surface area contributed by atoms with Crippen molar-refractivity contribution < 1.29 is 29.6 Å². The van der Waals surface area contributed by atoms with Gasteiger partial charge in [-0.25, -0.2) is 9.97 Å². The summed E-state index contributed by atoms with van der Waals surface area (Å²) in [6, 6.07) is 0. The van der Waals surface area contributed by atoms with Crippen molar-refractivity contribution in [3.63, 3.8) is 0 Å². The van der Waals surface area contributed by atoms with E-state index in [1.807, 2.05) is 0 Å². The second-order valence-electron chi connectivity index (χ2n) is 6.40. The number of carbonyl (C=O) groups excluding carboxylic acids is 2. The van der Waals surface area contributed by atoms with E-state index in [4.69, 9.17) is 4.74 Å². The third-order valence-electron chi connectivity index (χ3n) is 4.68. The standard InChI is InChI=1S/C15H16N4O6/c1-15(24)11(23)8(4-20)25-14(15)19-3-6-7(21)2-9(22)18-12-10(6)13(19)17-5-16-12/h3,5,8,11,14,20,23-24H,2,4H2,1H3,(H,16,17,18,22)/t8-,11-,14-,15+/m1/s1. The molecule has 0 radical (unpaired) electrons. The number of aromatic nitrogens is 3. The molecule has 2 aromatic rings. The van der Waals surface area contributed by atoms with Gasteiger partial charge >= 0.3 is 0 Å². The summed E-state index contributed by atoms with van der Waals surface area (Å²) in [5.74, 6) is -0.675. The van der Waals surface area contributed by atoms with Gasteiger partial charge in [0.1, 0.15) is 35.6 Å². The van der Waals surface area contributed by atoms with Crippen LogP contribution in [0.15, 0.2) is 12.5 Å². The molecule has 132 valence electrons. The Morgan fingerprint density at radius 1 is 1.44 bits per heavy atom. The predicted molar refractivity (Wildman–Crippen MR) is 82.7 cm³/mol. The Hall–Kier alpha value is -2.40. The van der Waals surface area contributed by atoms with E-state index in [0.717, 1.165) is 0 Å². The Labute approximate surface area is 141 Å². The molecule has 0 aliphatic carbocycles. The lowest BCUT2D eigenvalue weighted by Gasteiger charge is -2.27. The van der Waals surface area contributed by atoms with Gasteiger partial charge in [0.2, 0.25) is 5.91 Å². The van der Waals surface area contributed by atoms with Crippen molar-refractivity contribution in [2.24, 2.45) is 0 Å². The molecule has 0 aromatic carbocycles. The second-order valence-corrected chi connectivity index (χ2v) is 6.40. The van der Waals surface area contributed by atoms with Gasteiger partial charge < -0.3 is 29.9 Å². The Morgan fingerprint density at radius 2 is 2.20 bits per heavy atom. The zero-order valence-electron chi connectivity index (χ0n) is 13.2. The summed E-state index contributed by atoms with van der Waals surface area (Å²) in [4.78, 5) is 32.2. The van der Waals surface area contributed by atoms with Crippen LogP contribution in [0.25, 0.3) is 11.0 Å². The minimum atomic E-state index is -1.72. The van der Waals surface area contributed by atoms with E-state index >= 15 is 0 Å². The summed E-state index contributed by atoms with van der Waals surface area (Å²) < 4.78 is 7.01. The molecule has 0 unspecified atom stereocenters. The highest BCUT2D eigenvalue weighted by atomic mass is 16.6. The van der Waals surface area contributed by atoms with E-state index < -0.39 is 42.3 Å². The maximum atomic E-state index is 12.4. The molecule has 4 atom stereocenters. The lowest BCUT2D eigenvalue weighted by molar-refractivity contribution is -0.115. The van der Waals surface area contributed by atoms with Gasteiger partial charge in [-0.1, -0.05) is 0 Å². The van der Waals surface area contributed by atoms with Crippen molar-refractivity contribution in [2.45, 2.75) is 37.4 Å². The largest absolute Gasteiger partial charge is 0.394 e. The highest BCUT2D eigenvalue weighted by molar-refractivity contribution is 6.21. The molecule has 25 heavy (non-hydrogen) atoms. The first kappa shape index (κ1) is 16.1. The quantitative estimate of drug-likeness (QED) is 0.503. The third-order valence-corrected chi connectivity index (χ3v) is 4.68. The van der Waals surface area contributed by atoms with Crippen LogP contribution in [0.5, 0.6) is 0 Å². The summed E-state index contributed by atoms with van der Waals surface area (Å²) in [7, 11) is 0. The van der Waals surface area contributed by atoms with Crippen molar-refractivity contribution in [3.05, 3.63) is 18.1 Å². The number of nitrogens with one attached hydrogen (secondary N) is 1. The minimum Gasteiger partial charge on any atom is -0.394 e. The van der Waals surface area contributed by atoms with Crippen LogP contribution in [-0.2, 0) is 9.53 Å². The zero-order chi connectivity index (χ0) is 17.9. The van der Waals surface area contributed by atoms with Crippen molar-refractivity contribution >= 4 is 28.5 Å². The van der Waals surface area contributed by atoms with E-state index in [0.29, 0.717) is 5.39 Å². The number of ketones is 1. The number of anilines is 1. The van der Waals surface area contributed by atoms with E-state index in [9.17, 15) is 24.9 Å². The van der Waals surface area contributed by atoms with Gasteiger partial charge in [0.05, 0.1) is 18.4 Å². The maximum Gasteiger partial charge on any atom is 0.233 e. The number of aliphatic hydroxyl groups excluding tert-OH is 2. The fourth-order valence-electron chi connectivity index (χ4n) is 3.38. The second kappa shape index (κ2) is 5.30. The van der Waals surface area contributed by atoms with Crippen molar-refractivity contribution in [3.8, 4) is 0 Å². The molecule has 4 heterocycles. The highest BCUT2D eigenvalue weighted by Crippen LogP contribution is 2.41. The fraction of sp³-hybridized carbons (Fsp3) is 0.467. The van der Waals surface area contributed by atoms with Gasteiger partial charge in [0.25, 0.3) is 0 Å². The molecule has 10 nitrogen and oxygen atoms in total. The molecule has 0 saturated carbocycles. The zero-order valence-corrected chi connectivity index (χ0v) is 13.2. The van der Waals surface area contributed by atoms with E-state index in [1.54, 1.807) is 0 Å². The molecule has 0 spiro atoms. The van der Waals surface area contributed by atoms with Gasteiger partial charge in [-0.2, -0.15) is 0 Å². The van der Waals surface area contributed by atoms with Crippen LogP contribution in [0.1, 0.15) is 29.9 Å². The molecule has 1 fully saturated rings. The number of rotatable bonds is 2. The molecular weight excluding hydrogens is 332 g/mol. The summed E-state index contributed by atoms with van der Waals surface area (Å²) >= 11 is 0. The molecule has 10 heteroatoms. The number of carbonyl (C=O) groups is 2. The molecule has 1 saturated heterocycles. The van der Waals surface area contributed by atoms with Crippen LogP contribution in [0, 0.1) is 0 Å². The number of amides is 1. The average molecular weight is 348 g/mol. The summed E-state index contributed by atoms with van der Waals surface area (Å²) in [5.41, 5.74) is -1.23. The first-order valence-electron chi connectivity index (χ1n) is 7.70. The van der Waals surface area contributed by atoms with Crippen LogP contribution in [-0.4, -0.2) is 66.0 Å². The van der Waals surface area contributed by atoms with Crippen LogP contribution in [0.3, 0.4) is 0 Å². The smallest absolute Gasteiger partial charge is 0.233 e. The number of ether oxygens (including phenoxy) is 1. The lowest BCUT2D eigenvalue weighted by Crippen LogP contribution is -2.44. The molecule has 2 aliphatic heterocycles. The number of Topliss-reactive ketones (excluding diaryl/α,β-unsaturated/α-hetero) is 1. The van der Waals surface area contributed by atoms with Crippen LogP contribution >= 0.6 is 0 Å². The monoisotopic (exact) mass is 348 g/mol. The third kappa shape index (κ3) is 2.19. The minimum absolute atomic E-state index is 0.200. The van der Waals surface area contributed by atoms with E-state index in [1.165, 1.54) is 24.0 Å².